The maximum Gasteiger partial charge on any atom is 0.416 e. The summed E-state index contributed by atoms with van der Waals surface area (Å²) in [6.07, 6.45) is 7.02. The Kier molecular flexibility index (Phi) is 22.0. The van der Waals surface area contributed by atoms with Crippen LogP contribution in [0.3, 0.4) is 0 Å². The van der Waals surface area contributed by atoms with E-state index in [0.29, 0.717) is 16.7 Å². The van der Waals surface area contributed by atoms with E-state index < -0.39 is 21.6 Å². The minimum atomic E-state index is -4.39. The molecule has 6 rings (SSSR count). The number of allylic oxidation sites excluding steroid dienone is 4. The predicted octanol–water partition coefficient (Wildman–Crippen LogP) is 17.1. The van der Waals surface area contributed by atoms with Crippen molar-refractivity contribution in [3.05, 3.63) is 118 Å². The molecule has 2 aromatic rings. The van der Waals surface area contributed by atoms with Crippen molar-refractivity contribution in [1.82, 2.24) is 19.6 Å². The molecule has 0 aliphatic carbocycles. The van der Waals surface area contributed by atoms with Crippen LogP contribution in [0.1, 0.15) is 197 Å². The van der Waals surface area contributed by atoms with Crippen LogP contribution in [0.15, 0.2) is 95.6 Å². The molecule has 15 heteroatoms. The van der Waals surface area contributed by atoms with E-state index in [0.717, 1.165) is 75.1 Å². The number of alkyl halides is 6. The van der Waals surface area contributed by atoms with Gasteiger partial charge in [0.1, 0.15) is 9.05 Å². The van der Waals surface area contributed by atoms with Gasteiger partial charge in [-0.25, -0.2) is 8.78 Å². The van der Waals surface area contributed by atoms with Gasteiger partial charge in [-0.15, -0.1) is 0 Å². The lowest BCUT2D eigenvalue weighted by molar-refractivity contribution is -0.137. The Bertz CT molecular complexity index is 2610. The van der Waals surface area contributed by atoms with Crippen LogP contribution in [0.5, 0.6) is 0 Å². The quantitative estimate of drug-likeness (QED) is 0.147. The molecule has 8 nitrogen and oxygen atoms in total. The van der Waals surface area contributed by atoms with Crippen molar-refractivity contribution in [2.24, 2.45) is 21.7 Å². The Hall–Kier alpha value is -4.11. The summed E-state index contributed by atoms with van der Waals surface area (Å²) in [4.78, 5) is 58.5. The van der Waals surface area contributed by atoms with E-state index in [9.17, 15) is 41.1 Å². The highest BCUT2D eigenvalue weighted by molar-refractivity contribution is 9.25. The first-order valence-corrected chi connectivity index (χ1v) is 29.1. The van der Waals surface area contributed by atoms with Crippen molar-refractivity contribution >= 4 is 55.0 Å². The number of carbonyl (C=O) groups is 4. The van der Waals surface area contributed by atoms with Gasteiger partial charge in [0.15, 0.2) is 29.8 Å². The van der Waals surface area contributed by atoms with Gasteiger partial charge in [-0.05, 0) is 174 Å². The lowest BCUT2D eigenvalue weighted by Gasteiger charge is -2.44. The van der Waals surface area contributed by atoms with Gasteiger partial charge in [0.2, 0.25) is 0 Å². The van der Waals surface area contributed by atoms with Gasteiger partial charge in [-0.1, -0.05) is 99.4 Å². The topological polar surface area (TPSA) is 81.2 Å². The second-order valence-corrected chi connectivity index (χ2v) is 32.4. The first-order valence-electron chi connectivity index (χ1n) is 27.5. The average molecular weight is 1240 g/mol. The Balaban J connectivity index is 0.000000280. The molecule has 0 aromatic heterocycles. The van der Waals surface area contributed by atoms with Crippen LogP contribution in [0, 0.1) is 27.5 Å². The van der Waals surface area contributed by atoms with E-state index in [1.54, 1.807) is 12.1 Å². The Labute approximate surface area is 488 Å². The molecule has 0 atom stereocenters. The monoisotopic (exact) mass is 1230 g/mol. The minimum Gasteiger partial charge on any atom is -0.372 e. The normalized spacial score (nSPS) is 19.3. The molecule has 0 saturated carbocycles. The standard InChI is InChI=1S/C19H24F3NO.C18H24FNO.C14H23Br2NO.C13H22FNO/c1-17(2,3)23-11-10-18(4,5)15(12-23)16(24)13-6-8-14(9-7-13)19(20,21)22;1-17(2,3)20-11-10-18(4,5)15(12-20)16(21)13-6-8-14(19)9-7-13;1-12(2,3)17-8-7-13(4,5)10(9-17)11(18)14(6,15)16;1-12(2,3)15-7-6-13(4,5)10(9-15)11(16)8-14/h6-9,12H,10-11H2,1-5H3;6-9,12H,10-11H2,1-5H3;9H,7-8H2,1-6H3;9H,6-8H2,1-5H3. The molecule has 79 heavy (non-hydrogen) atoms. The van der Waals surface area contributed by atoms with Gasteiger partial charge in [0.05, 0.1) is 5.56 Å². The van der Waals surface area contributed by atoms with E-state index in [-0.39, 0.29) is 78.3 Å². The van der Waals surface area contributed by atoms with Crippen LogP contribution in [-0.4, -0.2) is 101 Å². The van der Waals surface area contributed by atoms with E-state index in [1.165, 1.54) is 24.3 Å². The minimum absolute atomic E-state index is 0.00560. The summed E-state index contributed by atoms with van der Waals surface area (Å²) >= 11 is 6.82. The molecule has 0 radical (unpaired) electrons. The molecule has 2 aromatic carbocycles. The van der Waals surface area contributed by atoms with Gasteiger partial charge in [-0.3, -0.25) is 19.2 Å². The van der Waals surface area contributed by atoms with E-state index in [4.69, 9.17) is 0 Å². The van der Waals surface area contributed by atoms with Gasteiger partial charge in [-0.2, -0.15) is 13.2 Å². The number of hydrogen-bond donors (Lipinski definition) is 0. The first-order chi connectivity index (χ1) is 35.5. The predicted molar refractivity (Wildman–Crippen MR) is 321 cm³/mol. The largest absolute Gasteiger partial charge is 0.416 e. The van der Waals surface area contributed by atoms with Crippen molar-refractivity contribution in [1.29, 1.82) is 0 Å². The van der Waals surface area contributed by atoms with Gasteiger partial charge in [0, 0.05) is 107 Å². The molecule has 0 unspecified atom stereocenters. The first kappa shape index (κ1) is 69.2. The molecule has 4 aliphatic heterocycles. The second kappa shape index (κ2) is 25.2. The van der Waals surface area contributed by atoms with Crippen LogP contribution in [0.25, 0.3) is 0 Å². The molecule has 0 spiro atoms. The van der Waals surface area contributed by atoms with Gasteiger partial charge >= 0.3 is 6.18 Å². The van der Waals surface area contributed by atoms with E-state index in [1.807, 2.05) is 59.4 Å². The SMILES string of the molecule is CC(Br)(Br)C(=O)C1=CN(C(C)(C)C)CCC1(C)C.CC1(C)CCN(C(C)(C)C)C=C1C(=O)CF.CC1(C)CCN(C(C)(C)C)C=C1C(=O)c1ccc(C(F)(F)F)cc1.CC1(C)CCN(C(C)(C)C)C=C1C(=O)c1ccc(F)cc1. The lowest BCUT2D eigenvalue weighted by Crippen LogP contribution is -2.45. The van der Waals surface area contributed by atoms with Crippen molar-refractivity contribution in [2.75, 3.05) is 32.9 Å². The van der Waals surface area contributed by atoms with Crippen molar-refractivity contribution in [3.63, 3.8) is 0 Å². The average Bonchev–Trinajstić information content (AvgIpc) is 3.29. The molecule has 0 amide bonds. The zero-order valence-electron chi connectivity index (χ0n) is 51.4. The van der Waals surface area contributed by atoms with Crippen molar-refractivity contribution in [2.45, 2.75) is 203 Å². The number of hydrogen-bond acceptors (Lipinski definition) is 8. The van der Waals surface area contributed by atoms with Crippen molar-refractivity contribution in [3.8, 4) is 0 Å². The number of halogens is 7. The smallest absolute Gasteiger partial charge is 0.372 e. The molecular weight excluding hydrogens is 1140 g/mol. The highest BCUT2D eigenvalue weighted by Crippen LogP contribution is 2.44. The van der Waals surface area contributed by atoms with E-state index in [2.05, 4.69) is 162 Å². The van der Waals surface area contributed by atoms with Crippen LogP contribution < -0.4 is 0 Å². The number of ketones is 4. The molecule has 0 bridgehead atoms. The fraction of sp³-hybridized carbons (Fsp3) is 0.625. The third-order valence-corrected chi connectivity index (χ3v) is 16.3. The lowest BCUT2D eigenvalue weighted by atomic mass is 9.75. The number of carbonyl (C=O) groups excluding carboxylic acids is 4. The number of Topliss-reactive ketones (excluding diaryl/α,β-unsaturated/α-hetero) is 4. The summed E-state index contributed by atoms with van der Waals surface area (Å²) < 4.78 is 62.9. The Morgan fingerprint density at radius 1 is 0.456 bits per heavy atom. The van der Waals surface area contributed by atoms with Crippen LogP contribution >= 0.6 is 31.9 Å². The Morgan fingerprint density at radius 3 is 1.00 bits per heavy atom. The molecule has 0 saturated heterocycles. The molecule has 4 aliphatic rings. The second-order valence-electron chi connectivity index (χ2n) is 28.2. The van der Waals surface area contributed by atoms with Gasteiger partial charge < -0.3 is 19.6 Å². The molecule has 0 fully saturated rings. The van der Waals surface area contributed by atoms with Gasteiger partial charge in [0.25, 0.3) is 0 Å². The summed E-state index contributed by atoms with van der Waals surface area (Å²) in [6.45, 7) is 46.6. The van der Waals surface area contributed by atoms with Crippen LogP contribution in [0.2, 0.25) is 0 Å². The van der Waals surface area contributed by atoms with Crippen LogP contribution in [0.4, 0.5) is 22.0 Å². The molecule has 442 valence electrons. The Morgan fingerprint density at radius 2 is 0.722 bits per heavy atom. The summed E-state index contributed by atoms with van der Waals surface area (Å²) in [5.41, 5.74) is 2.23. The molecular formula is C64H93Br2F5N4O4. The highest BCUT2D eigenvalue weighted by Gasteiger charge is 2.42. The summed E-state index contributed by atoms with van der Waals surface area (Å²) in [7, 11) is 0. The zero-order chi connectivity index (χ0) is 61.1. The third kappa shape index (κ3) is 19.0. The van der Waals surface area contributed by atoms with Crippen molar-refractivity contribution < 1.29 is 41.1 Å². The fourth-order valence-corrected chi connectivity index (χ4v) is 9.84. The molecule has 0 N–H and O–H groups in total. The van der Waals surface area contributed by atoms with Crippen LogP contribution in [-0.2, 0) is 15.8 Å². The number of nitrogens with zero attached hydrogens (tertiary/aromatic N) is 4. The fourth-order valence-electron chi connectivity index (χ4n) is 9.41. The summed E-state index contributed by atoms with van der Waals surface area (Å²) in [5.74, 6) is -0.795. The summed E-state index contributed by atoms with van der Waals surface area (Å²) in [6, 6.07) is 10.2. The zero-order valence-corrected chi connectivity index (χ0v) is 54.5. The number of rotatable bonds is 8. The van der Waals surface area contributed by atoms with E-state index >= 15 is 0 Å². The molecule has 4 heterocycles. The third-order valence-electron chi connectivity index (χ3n) is 15.5. The highest BCUT2D eigenvalue weighted by atomic mass is 79.9. The maximum absolute atomic E-state index is 13.0. The summed E-state index contributed by atoms with van der Waals surface area (Å²) in [5, 5.41) is 0. The number of benzene rings is 2. The maximum atomic E-state index is 13.0.